The summed E-state index contributed by atoms with van der Waals surface area (Å²) in [7, 11) is -1.67. The normalized spacial score (nSPS) is 17.5. The standard InChI is InChI=1S/C31H37NO7Si/c1-21-16-26(33)28(29(34)37-5)27(17-21)38-20-22-18-23(19-32(22)30(35)36)39-40(31(2,3)4,24-12-8-6-9-13-24)25-14-10-7-11-15-25/h6-17,22-23,33H,18-20H2,1-5H3,(H,35,36)/t22-,23+/m0/s1. The molecule has 9 heteroatoms. The second-order valence-corrected chi connectivity index (χ2v) is 15.4. The van der Waals surface area contributed by atoms with Gasteiger partial charge in [-0.15, -0.1) is 0 Å². The highest BCUT2D eigenvalue weighted by atomic mass is 28.4. The van der Waals surface area contributed by atoms with Crippen molar-refractivity contribution in [2.24, 2.45) is 0 Å². The van der Waals surface area contributed by atoms with E-state index in [-0.39, 0.29) is 41.4 Å². The highest BCUT2D eigenvalue weighted by Crippen LogP contribution is 2.39. The van der Waals surface area contributed by atoms with E-state index in [1.807, 2.05) is 36.4 Å². The number of aromatic hydroxyl groups is 1. The van der Waals surface area contributed by atoms with Crippen LogP contribution in [0.15, 0.2) is 72.8 Å². The molecule has 3 aromatic rings. The lowest BCUT2D eigenvalue weighted by atomic mass is 10.1. The number of ether oxygens (including phenoxy) is 2. The van der Waals surface area contributed by atoms with Gasteiger partial charge < -0.3 is 24.1 Å². The van der Waals surface area contributed by atoms with Crippen molar-refractivity contribution in [2.75, 3.05) is 20.3 Å². The summed E-state index contributed by atoms with van der Waals surface area (Å²) in [6.07, 6.45) is -1.02. The maximum atomic E-state index is 12.3. The lowest BCUT2D eigenvalue weighted by molar-refractivity contribution is 0.0589. The van der Waals surface area contributed by atoms with Crippen molar-refractivity contribution < 1.29 is 33.7 Å². The number of carbonyl (C=O) groups is 2. The van der Waals surface area contributed by atoms with Gasteiger partial charge in [0.1, 0.15) is 23.7 Å². The maximum Gasteiger partial charge on any atom is 0.407 e. The van der Waals surface area contributed by atoms with Gasteiger partial charge in [0.25, 0.3) is 8.32 Å². The number of hydrogen-bond donors (Lipinski definition) is 2. The minimum absolute atomic E-state index is 0.0141. The fraction of sp³-hybridized carbons (Fsp3) is 0.355. The van der Waals surface area contributed by atoms with Crippen molar-refractivity contribution in [3.8, 4) is 11.5 Å². The summed E-state index contributed by atoms with van der Waals surface area (Å²) >= 11 is 0. The van der Waals surface area contributed by atoms with Crippen LogP contribution in [0.5, 0.6) is 11.5 Å². The molecule has 8 nitrogen and oxygen atoms in total. The zero-order valence-corrected chi connectivity index (χ0v) is 24.6. The predicted molar refractivity (Wildman–Crippen MR) is 155 cm³/mol. The van der Waals surface area contributed by atoms with E-state index in [0.717, 1.165) is 10.4 Å². The molecule has 1 fully saturated rings. The first kappa shape index (κ1) is 29.2. The van der Waals surface area contributed by atoms with Gasteiger partial charge in [-0.2, -0.15) is 0 Å². The number of esters is 1. The topological polar surface area (TPSA) is 106 Å². The second-order valence-electron chi connectivity index (χ2n) is 11.2. The molecule has 0 radical (unpaired) electrons. The number of aryl methyl sites for hydroxylation is 1. The van der Waals surface area contributed by atoms with Gasteiger partial charge in [-0.1, -0.05) is 81.4 Å². The first-order valence-corrected chi connectivity index (χ1v) is 15.2. The smallest absolute Gasteiger partial charge is 0.407 e. The summed E-state index contributed by atoms with van der Waals surface area (Å²) < 4.78 is 18.0. The molecule has 1 aliphatic heterocycles. The molecule has 0 aromatic heterocycles. The van der Waals surface area contributed by atoms with Gasteiger partial charge >= 0.3 is 12.1 Å². The summed E-state index contributed by atoms with van der Waals surface area (Å²) in [6.45, 7) is 8.49. The van der Waals surface area contributed by atoms with Crippen LogP contribution in [0.4, 0.5) is 4.79 Å². The first-order valence-electron chi connectivity index (χ1n) is 13.3. The van der Waals surface area contributed by atoms with Gasteiger partial charge in [0.15, 0.2) is 0 Å². The molecule has 2 atom stereocenters. The van der Waals surface area contributed by atoms with Gasteiger partial charge in [0, 0.05) is 6.54 Å². The molecule has 1 saturated heterocycles. The van der Waals surface area contributed by atoms with Crippen LogP contribution in [0.3, 0.4) is 0 Å². The highest BCUT2D eigenvalue weighted by molar-refractivity contribution is 6.99. The van der Waals surface area contributed by atoms with E-state index in [1.165, 1.54) is 18.1 Å². The Kier molecular flexibility index (Phi) is 8.56. The molecule has 1 heterocycles. The highest BCUT2D eigenvalue weighted by Gasteiger charge is 2.53. The molecule has 1 amide bonds. The fourth-order valence-corrected chi connectivity index (χ4v) is 10.3. The van der Waals surface area contributed by atoms with E-state index in [1.54, 1.807) is 13.0 Å². The van der Waals surface area contributed by atoms with Crippen molar-refractivity contribution in [3.63, 3.8) is 0 Å². The third-order valence-corrected chi connectivity index (χ3v) is 12.5. The van der Waals surface area contributed by atoms with Gasteiger partial charge in [-0.3, -0.25) is 4.90 Å². The summed E-state index contributed by atoms with van der Waals surface area (Å²) in [5.41, 5.74) is 0.600. The first-order chi connectivity index (χ1) is 19.0. The molecule has 1 aliphatic rings. The zero-order chi connectivity index (χ0) is 29.1. The van der Waals surface area contributed by atoms with Gasteiger partial charge in [-0.05, 0) is 46.5 Å². The Morgan fingerprint density at radius 2 is 1.57 bits per heavy atom. The van der Waals surface area contributed by atoms with Crippen LogP contribution in [-0.4, -0.2) is 67.9 Å². The van der Waals surface area contributed by atoms with E-state index in [2.05, 4.69) is 45.0 Å². The molecular formula is C31H37NO7Si. The summed E-state index contributed by atoms with van der Waals surface area (Å²) in [5.74, 6) is -0.843. The molecule has 4 rings (SSSR count). The van der Waals surface area contributed by atoms with Gasteiger partial charge in [0.05, 0.1) is 19.3 Å². The molecule has 40 heavy (non-hydrogen) atoms. The molecule has 0 spiro atoms. The van der Waals surface area contributed by atoms with E-state index in [0.29, 0.717) is 12.0 Å². The average molecular weight is 564 g/mol. The third-order valence-electron chi connectivity index (χ3n) is 7.43. The molecule has 3 aromatic carbocycles. The van der Waals surface area contributed by atoms with Crippen molar-refractivity contribution in [1.29, 1.82) is 0 Å². The summed E-state index contributed by atoms with van der Waals surface area (Å²) in [4.78, 5) is 26.0. The lowest BCUT2D eigenvalue weighted by Gasteiger charge is -2.44. The van der Waals surface area contributed by atoms with Crippen LogP contribution < -0.4 is 15.1 Å². The number of carboxylic acid groups (broad SMARTS) is 1. The Morgan fingerprint density at radius 1 is 1.00 bits per heavy atom. The van der Waals surface area contributed by atoms with Crippen LogP contribution in [0, 0.1) is 6.92 Å². The zero-order valence-electron chi connectivity index (χ0n) is 23.6. The monoisotopic (exact) mass is 563 g/mol. The SMILES string of the molecule is COC(=O)c1c(O)cc(C)cc1OC[C@@H]1C[C@@H](O[Si](c2ccccc2)(c2ccccc2)C(C)(C)C)CN1C(=O)O. The minimum atomic E-state index is -2.89. The molecule has 212 valence electrons. The average Bonchev–Trinajstić information content (AvgIpc) is 3.33. The minimum Gasteiger partial charge on any atom is -0.507 e. The van der Waals surface area contributed by atoms with Crippen LogP contribution >= 0.6 is 0 Å². The second kappa shape index (κ2) is 11.7. The molecular weight excluding hydrogens is 526 g/mol. The third kappa shape index (κ3) is 5.71. The number of benzene rings is 3. The van der Waals surface area contributed by atoms with Crippen molar-refractivity contribution in [1.82, 2.24) is 4.90 Å². The molecule has 2 N–H and O–H groups in total. The number of rotatable bonds is 8. The number of nitrogens with zero attached hydrogens (tertiary/aromatic N) is 1. The quantitative estimate of drug-likeness (QED) is 0.306. The van der Waals surface area contributed by atoms with Crippen LogP contribution in [-0.2, 0) is 9.16 Å². The predicted octanol–water partition coefficient (Wildman–Crippen LogP) is 4.56. The number of likely N-dealkylation sites (tertiary alicyclic amines) is 1. The molecule has 0 bridgehead atoms. The van der Waals surface area contributed by atoms with Crippen molar-refractivity contribution in [2.45, 2.75) is 51.3 Å². The number of hydrogen-bond acceptors (Lipinski definition) is 6. The number of phenolic OH excluding ortho intramolecular Hbond substituents is 1. The van der Waals surface area contributed by atoms with E-state index in [4.69, 9.17) is 13.9 Å². The van der Waals surface area contributed by atoms with Crippen molar-refractivity contribution in [3.05, 3.63) is 83.9 Å². The summed E-state index contributed by atoms with van der Waals surface area (Å²) in [6, 6.07) is 23.0. The van der Waals surface area contributed by atoms with Gasteiger partial charge in [-0.25, -0.2) is 9.59 Å². The fourth-order valence-electron chi connectivity index (χ4n) is 5.63. The number of amides is 1. The largest absolute Gasteiger partial charge is 0.507 e. The Bertz CT molecular complexity index is 1300. The number of phenols is 1. The Labute approximate surface area is 236 Å². The Morgan fingerprint density at radius 3 is 2.08 bits per heavy atom. The Balaban J connectivity index is 1.66. The Hall–Kier alpha value is -3.82. The van der Waals surface area contributed by atoms with Crippen molar-refractivity contribution >= 4 is 30.8 Å². The number of methoxy groups -OCH3 is 1. The van der Waals surface area contributed by atoms with E-state index >= 15 is 0 Å². The number of carbonyl (C=O) groups excluding carboxylic acids is 1. The molecule has 0 saturated carbocycles. The van der Waals surface area contributed by atoms with E-state index in [9.17, 15) is 19.8 Å². The molecule has 0 unspecified atom stereocenters. The lowest BCUT2D eigenvalue weighted by Crippen LogP contribution is -2.67. The van der Waals surface area contributed by atoms with Crippen LogP contribution in [0.2, 0.25) is 5.04 Å². The maximum absolute atomic E-state index is 12.3. The van der Waals surface area contributed by atoms with Crippen LogP contribution in [0.1, 0.15) is 43.1 Å². The van der Waals surface area contributed by atoms with Crippen LogP contribution in [0.25, 0.3) is 0 Å². The molecule has 0 aliphatic carbocycles. The summed E-state index contributed by atoms with van der Waals surface area (Å²) in [5, 5.41) is 22.4. The van der Waals surface area contributed by atoms with E-state index < -0.39 is 26.4 Å². The van der Waals surface area contributed by atoms with Gasteiger partial charge in [0.2, 0.25) is 0 Å².